The highest BCUT2D eigenvalue weighted by molar-refractivity contribution is 6.38. The number of amides is 1. The van der Waals surface area contributed by atoms with E-state index in [1.54, 1.807) is 32.6 Å². The van der Waals surface area contributed by atoms with Crippen LogP contribution >= 0.6 is 11.6 Å². The number of nitrogen functional groups attached to an aromatic ring is 1. The van der Waals surface area contributed by atoms with Crippen molar-refractivity contribution in [2.24, 2.45) is 0 Å². The van der Waals surface area contributed by atoms with Crippen LogP contribution in [-0.2, 0) is 16.1 Å². The predicted molar refractivity (Wildman–Crippen MR) is 156 cm³/mol. The summed E-state index contributed by atoms with van der Waals surface area (Å²) in [5, 5.41) is 9.69. The van der Waals surface area contributed by atoms with Gasteiger partial charge >= 0.3 is 12.1 Å². The Balaban J connectivity index is 1.95. The van der Waals surface area contributed by atoms with Gasteiger partial charge in [0.2, 0.25) is 5.43 Å². The molecule has 3 aromatic rings. The summed E-state index contributed by atoms with van der Waals surface area (Å²) >= 11 is 6.89. The number of nitrogens with zero attached hydrogens (tertiary/aromatic N) is 3. The zero-order valence-corrected chi connectivity index (χ0v) is 24.8. The Hall–Kier alpha value is -3.90. The molecule has 1 fully saturated rings. The maximum Gasteiger partial charge on any atom is 0.410 e. The number of carbonyl (C=O) groups excluding carboxylic acids is 2. The number of carbonyl (C=O) groups is 2. The lowest BCUT2D eigenvalue weighted by molar-refractivity contribution is 0.0240. The largest absolute Gasteiger partial charge is 0.462 e. The molecule has 0 bridgehead atoms. The van der Waals surface area contributed by atoms with Crippen molar-refractivity contribution in [3.05, 3.63) is 61.9 Å². The van der Waals surface area contributed by atoms with Gasteiger partial charge in [-0.15, -0.1) is 0 Å². The molecule has 1 aliphatic heterocycles. The van der Waals surface area contributed by atoms with E-state index in [0.29, 0.717) is 0 Å². The lowest BCUT2D eigenvalue weighted by Gasteiger charge is -2.37. The molecule has 1 aliphatic rings. The van der Waals surface area contributed by atoms with Gasteiger partial charge in [0.05, 0.1) is 46.2 Å². The number of nitrogens with two attached hydrogens (primary N) is 1. The lowest BCUT2D eigenvalue weighted by Crippen LogP contribution is -2.50. The molecule has 1 saturated heterocycles. The van der Waals surface area contributed by atoms with Crippen molar-refractivity contribution in [1.82, 2.24) is 9.47 Å². The number of aliphatic hydroxyl groups excluding tert-OH is 1. The van der Waals surface area contributed by atoms with Gasteiger partial charge in [0.25, 0.3) is 0 Å². The van der Waals surface area contributed by atoms with E-state index in [-0.39, 0.29) is 76.9 Å². The number of hydrogen-bond donors (Lipinski definition) is 2. The number of esters is 1. The fourth-order valence-corrected chi connectivity index (χ4v) is 5.29. The minimum Gasteiger partial charge on any atom is -0.462 e. The van der Waals surface area contributed by atoms with Crippen molar-refractivity contribution in [2.45, 2.75) is 46.8 Å². The highest BCUT2D eigenvalue weighted by atomic mass is 35.5. The zero-order chi connectivity index (χ0) is 31.1. The summed E-state index contributed by atoms with van der Waals surface area (Å²) in [4.78, 5) is 42.1. The van der Waals surface area contributed by atoms with E-state index in [2.05, 4.69) is 0 Å². The molecule has 1 amide bonds. The summed E-state index contributed by atoms with van der Waals surface area (Å²) < 4.78 is 42.3. The molecule has 10 nitrogen and oxygen atoms in total. The van der Waals surface area contributed by atoms with Gasteiger partial charge in [-0.25, -0.2) is 18.4 Å². The van der Waals surface area contributed by atoms with Gasteiger partial charge in [0, 0.05) is 43.5 Å². The summed E-state index contributed by atoms with van der Waals surface area (Å²) in [6.07, 6.45) is 0.677. The minimum absolute atomic E-state index is 0.0110. The number of piperazine rings is 1. The van der Waals surface area contributed by atoms with Crippen molar-refractivity contribution in [1.29, 1.82) is 0 Å². The third kappa shape index (κ3) is 5.73. The molecule has 3 N–H and O–H groups in total. The average molecular weight is 607 g/mol. The Kier molecular flexibility index (Phi) is 8.70. The van der Waals surface area contributed by atoms with Crippen LogP contribution < -0.4 is 16.1 Å². The first-order valence-corrected chi connectivity index (χ1v) is 13.7. The van der Waals surface area contributed by atoms with Gasteiger partial charge in [-0.05, 0) is 46.8 Å². The summed E-state index contributed by atoms with van der Waals surface area (Å²) in [6, 6.07) is 2.26. The summed E-state index contributed by atoms with van der Waals surface area (Å²) in [5.41, 5.74) is 3.83. The van der Waals surface area contributed by atoms with Gasteiger partial charge in [-0.1, -0.05) is 11.6 Å². The first-order valence-electron chi connectivity index (χ1n) is 13.4. The number of anilines is 2. The number of aliphatic hydroxyl groups is 1. The molecule has 13 heteroatoms. The molecule has 0 spiro atoms. The number of fused-ring (bicyclic) bond motifs is 1. The van der Waals surface area contributed by atoms with Crippen LogP contribution in [0.4, 0.5) is 25.0 Å². The molecule has 0 aliphatic carbocycles. The van der Waals surface area contributed by atoms with E-state index < -0.39 is 46.9 Å². The van der Waals surface area contributed by atoms with Crippen LogP contribution in [0.3, 0.4) is 0 Å². The topological polar surface area (TPSA) is 127 Å². The summed E-state index contributed by atoms with van der Waals surface area (Å²) in [7, 11) is 0. The maximum atomic E-state index is 16.1. The second kappa shape index (κ2) is 11.8. The van der Waals surface area contributed by atoms with Gasteiger partial charge < -0.3 is 34.7 Å². The SMILES string of the molecule is CCOC(=O)c1cn(-c2cc(N)c(F)cc2CO)c2c(Cl)c(N3CCN(C(=O)OC(C)(C)C)CC3)c(F)c(C)c2c1=O. The molecule has 226 valence electrons. The van der Waals surface area contributed by atoms with Crippen LogP contribution in [0.15, 0.2) is 23.1 Å². The first-order chi connectivity index (χ1) is 19.7. The molecule has 2 heterocycles. The lowest BCUT2D eigenvalue weighted by atomic mass is 10.0. The Morgan fingerprint density at radius 1 is 1.14 bits per heavy atom. The standard InChI is InChI=1S/C29H33ClF2N4O6/c1-6-41-27(39)17-13-36(20-12-19(33)18(31)11-16(20)14-37)24-21(26(17)38)15(2)23(32)25(22(24)30)34-7-9-35(10-8-34)28(40)42-29(3,4)5/h11-13,37H,6-10,14,33H2,1-5H3. The third-order valence-corrected chi connectivity index (χ3v) is 7.26. The van der Waals surface area contributed by atoms with E-state index in [9.17, 15) is 23.9 Å². The number of benzene rings is 2. The number of pyridine rings is 1. The molecular formula is C29H33ClF2N4O6. The summed E-state index contributed by atoms with van der Waals surface area (Å²) in [5.74, 6) is -2.50. The molecule has 0 saturated carbocycles. The van der Waals surface area contributed by atoms with Gasteiger partial charge in [-0.2, -0.15) is 0 Å². The fraction of sp³-hybridized carbons (Fsp3) is 0.414. The molecule has 4 rings (SSSR count). The van der Waals surface area contributed by atoms with Crippen molar-refractivity contribution in [3.8, 4) is 5.69 Å². The Morgan fingerprint density at radius 3 is 2.36 bits per heavy atom. The van der Waals surface area contributed by atoms with Gasteiger partial charge in [-0.3, -0.25) is 4.79 Å². The van der Waals surface area contributed by atoms with Crippen molar-refractivity contribution in [2.75, 3.05) is 43.4 Å². The second-order valence-corrected chi connectivity index (χ2v) is 11.3. The quantitative estimate of drug-likeness (QED) is 0.320. The van der Waals surface area contributed by atoms with Gasteiger partial charge in [0.15, 0.2) is 5.82 Å². The monoisotopic (exact) mass is 606 g/mol. The minimum atomic E-state index is -0.947. The van der Waals surface area contributed by atoms with E-state index >= 15 is 4.39 Å². The van der Waals surface area contributed by atoms with Crippen LogP contribution in [0.2, 0.25) is 5.02 Å². The van der Waals surface area contributed by atoms with Crippen LogP contribution in [0.5, 0.6) is 0 Å². The molecule has 0 atom stereocenters. The van der Waals surface area contributed by atoms with Crippen molar-refractivity contribution in [3.63, 3.8) is 0 Å². The Morgan fingerprint density at radius 2 is 1.79 bits per heavy atom. The Labute approximate surface area is 246 Å². The van der Waals surface area contributed by atoms with Crippen LogP contribution in [0, 0.1) is 18.6 Å². The molecule has 2 aromatic carbocycles. The predicted octanol–water partition coefficient (Wildman–Crippen LogP) is 4.54. The number of rotatable bonds is 5. The first kappa shape index (κ1) is 31.0. The second-order valence-electron chi connectivity index (χ2n) is 10.9. The zero-order valence-electron chi connectivity index (χ0n) is 24.0. The highest BCUT2D eigenvalue weighted by Gasteiger charge is 2.31. The molecule has 1 aromatic heterocycles. The smallest absolute Gasteiger partial charge is 0.410 e. The normalized spacial score (nSPS) is 13.9. The molecule has 0 unspecified atom stereocenters. The van der Waals surface area contributed by atoms with Crippen LogP contribution in [0.25, 0.3) is 16.6 Å². The van der Waals surface area contributed by atoms with E-state index in [1.165, 1.54) is 28.7 Å². The van der Waals surface area contributed by atoms with Crippen LogP contribution in [-0.4, -0.2) is 65.0 Å². The highest BCUT2D eigenvalue weighted by Crippen LogP contribution is 2.40. The average Bonchev–Trinajstić information content (AvgIpc) is 2.92. The van der Waals surface area contributed by atoms with E-state index in [4.69, 9.17) is 26.8 Å². The third-order valence-electron chi connectivity index (χ3n) is 6.91. The number of halogens is 3. The van der Waals surface area contributed by atoms with E-state index in [1.807, 2.05) is 0 Å². The summed E-state index contributed by atoms with van der Waals surface area (Å²) in [6.45, 7) is 8.46. The molecule has 42 heavy (non-hydrogen) atoms. The fourth-order valence-electron chi connectivity index (χ4n) is 4.91. The van der Waals surface area contributed by atoms with Crippen molar-refractivity contribution < 1.29 is 33.0 Å². The van der Waals surface area contributed by atoms with Crippen LogP contribution in [0.1, 0.15) is 49.2 Å². The van der Waals surface area contributed by atoms with E-state index in [0.717, 1.165) is 6.07 Å². The number of hydrogen-bond acceptors (Lipinski definition) is 8. The van der Waals surface area contributed by atoms with Crippen molar-refractivity contribution >= 4 is 45.9 Å². The number of aryl methyl sites for hydroxylation is 1. The maximum absolute atomic E-state index is 16.1. The Bertz CT molecular complexity index is 1630. The number of aromatic nitrogens is 1. The molecular weight excluding hydrogens is 574 g/mol. The number of ether oxygens (including phenoxy) is 2. The van der Waals surface area contributed by atoms with Gasteiger partial charge in [0.1, 0.15) is 17.0 Å². The molecule has 0 radical (unpaired) electrons.